The molecule has 1 saturated heterocycles. The standard InChI is InChI=1S/C19H21ClN2O2/c1-24-18-5-3-2-4-17(18)19(23)22-12-10-21(11-13-22)14-15-6-8-16(20)9-7-15/h2-9H,10-14H2,1H3. The second-order valence-electron chi connectivity index (χ2n) is 5.90. The Morgan fingerprint density at radius 1 is 1.04 bits per heavy atom. The molecule has 3 rings (SSSR count). The fraction of sp³-hybridized carbons (Fsp3) is 0.316. The molecule has 4 nitrogen and oxygen atoms in total. The lowest BCUT2D eigenvalue weighted by Crippen LogP contribution is -2.48. The maximum Gasteiger partial charge on any atom is 0.257 e. The van der Waals surface area contributed by atoms with Crippen molar-refractivity contribution >= 4 is 17.5 Å². The van der Waals surface area contributed by atoms with Gasteiger partial charge in [0.1, 0.15) is 5.75 Å². The van der Waals surface area contributed by atoms with E-state index in [0.29, 0.717) is 11.3 Å². The largest absolute Gasteiger partial charge is 0.496 e. The van der Waals surface area contributed by atoms with Crippen molar-refractivity contribution in [2.75, 3.05) is 33.3 Å². The second kappa shape index (κ2) is 7.69. The molecule has 5 heteroatoms. The van der Waals surface area contributed by atoms with E-state index in [4.69, 9.17) is 16.3 Å². The number of amides is 1. The van der Waals surface area contributed by atoms with Crippen LogP contribution in [0.5, 0.6) is 5.75 Å². The van der Waals surface area contributed by atoms with Crippen LogP contribution in [0.25, 0.3) is 0 Å². The fourth-order valence-electron chi connectivity index (χ4n) is 2.95. The van der Waals surface area contributed by atoms with Crippen molar-refractivity contribution in [2.24, 2.45) is 0 Å². The molecule has 126 valence electrons. The first-order chi connectivity index (χ1) is 11.7. The maximum absolute atomic E-state index is 12.7. The van der Waals surface area contributed by atoms with Crippen LogP contribution in [0, 0.1) is 0 Å². The van der Waals surface area contributed by atoms with Crippen LogP contribution in [0.2, 0.25) is 5.02 Å². The molecule has 24 heavy (non-hydrogen) atoms. The summed E-state index contributed by atoms with van der Waals surface area (Å²) in [4.78, 5) is 17.0. The molecule has 1 fully saturated rings. The van der Waals surface area contributed by atoms with E-state index in [1.165, 1.54) is 5.56 Å². The highest BCUT2D eigenvalue weighted by atomic mass is 35.5. The Labute approximate surface area is 147 Å². The molecule has 2 aromatic rings. The van der Waals surface area contributed by atoms with E-state index in [-0.39, 0.29) is 5.91 Å². The lowest BCUT2D eigenvalue weighted by molar-refractivity contribution is 0.0625. The van der Waals surface area contributed by atoms with E-state index in [2.05, 4.69) is 17.0 Å². The highest BCUT2D eigenvalue weighted by Crippen LogP contribution is 2.20. The van der Waals surface area contributed by atoms with Crippen LogP contribution in [-0.2, 0) is 6.54 Å². The minimum Gasteiger partial charge on any atom is -0.496 e. The first-order valence-corrected chi connectivity index (χ1v) is 8.44. The highest BCUT2D eigenvalue weighted by molar-refractivity contribution is 6.30. The van der Waals surface area contributed by atoms with Crippen LogP contribution in [-0.4, -0.2) is 49.0 Å². The third kappa shape index (κ3) is 3.89. The number of carbonyl (C=O) groups excluding carboxylic acids is 1. The molecule has 0 radical (unpaired) electrons. The van der Waals surface area contributed by atoms with Gasteiger partial charge in [-0.25, -0.2) is 0 Å². The summed E-state index contributed by atoms with van der Waals surface area (Å²) in [6.07, 6.45) is 0. The number of benzene rings is 2. The molecular formula is C19H21ClN2O2. The third-order valence-corrected chi connectivity index (χ3v) is 4.57. The Kier molecular flexibility index (Phi) is 5.38. The Morgan fingerprint density at radius 3 is 2.38 bits per heavy atom. The van der Waals surface area contributed by atoms with Gasteiger partial charge in [-0.05, 0) is 29.8 Å². The highest BCUT2D eigenvalue weighted by Gasteiger charge is 2.24. The zero-order valence-corrected chi connectivity index (χ0v) is 14.5. The predicted octanol–water partition coefficient (Wildman–Crippen LogP) is 3.31. The predicted molar refractivity (Wildman–Crippen MR) is 95.6 cm³/mol. The summed E-state index contributed by atoms with van der Waals surface area (Å²) in [6.45, 7) is 4.07. The quantitative estimate of drug-likeness (QED) is 0.853. The summed E-state index contributed by atoms with van der Waals surface area (Å²) in [5.41, 5.74) is 1.87. The van der Waals surface area contributed by atoms with Crippen molar-refractivity contribution in [3.8, 4) is 5.75 Å². The molecule has 1 aliphatic heterocycles. The number of piperazine rings is 1. The Hall–Kier alpha value is -2.04. The van der Waals surface area contributed by atoms with E-state index >= 15 is 0 Å². The molecule has 0 spiro atoms. The van der Waals surface area contributed by atoms with Gasteiger partial charge in [0.05, 0.1) is 12.7 Å². The molecular weight excluding hydrogens is 324 g/mol. The fourth-order valence-corrected chi connectivity index (χ4v) is 3.07. The summed E-state index contributed by atoms with van der Waals surface area (Å²) in [5, 5.41) is 0.756. The molecule has 2 aromatic carbocycles. The number of ether oxygens (including phenoxy) is 1. The molecule has 0 atom stereocenters. The van der Waals surface area contributed by atoms with Crippen molar-refractivity contribution in [3.05, 3.63) is 64.7 Å². The maximum atomic E-state index is 12.7. The zero-order chi connectivity index (χ0) is 16.9. The number of carbonyl (C=O) groups is 1. The minimum atomic E-state index is 0.0404. The molecule has 0 saturated carbocycles. The Morgan fingerprint density at radius 2 is 1.71 bits per heavy atom. The number of methoxy groups -OCH3 is 1. The molecule has 1 amide bonds. The average molecular weight is 345 g/mol. The van der Waals surface area contributed by atoms with Crippen LogP contribution >= 0.6 is 11.6 Å². The molecule has 1 heterocycles. The summed E-state index contributed by atoms with van der Waals surface area (Å²) >= 11 is 5.92. The minimum absolute atomic E-state index is 0.0404. The van der Waals surface area contributed by atoms with Crippen LogP contribution in [0.1, 0.15) is 15.9 Å². The van der Waals surface area contributed by atoms with E-state index in [1.807, 2.05) is 41.3 Å². The first-order valence-electron chi connectivity index (χ1n) is 8.06. The number of rotatable bonds is 4. The van der Waals surface area contributed by atoms with Gasteiger partial charge in [-0.3, -0.25) is 9.69 Å². The zero-order valence-electron chi connectivity index (χ0n) is 13.7. The lowest BCUT2D eigenvalue weighted by Gasteiger charge is -2.35. The smallest absolute Gasteiger partial charge is 0.257 e. The number of nitrogens with zero attached hydrogens (tertiary/aromatic N) is 2. The van der Waals surface area contributed by atoms with Crippen molar-refractivity contribution in [1.82, 2.24) is 9.80 Å². The molecule has 0 unspecified atom stereocenters. The van der Waals surface area contributed by atoms with Gasteiger partial charge in [0.15, 0.2) is 0 Å². The van der Waals surface area contributed by atoms with Gasteiger partial charge < -0.3 is 9.64 Å². The molecule has 0 aliphatic carbocycles. The topological polar surface area (TPSA) is 32.8 Å². The summed E-state index contributed by atoms with van der Waals surface area (Å²) < 4.78 is 5.30. The molecule has 0 aromatic heterocycles. The lowest BCUT2D eigenvalue weighted by atomic mass is 10.1. The molecule has 1 aliphatic rings. The summed E-state index contributed by atoms with van der Waals surface area (Å²) in [5.74, 6) is 0.671. The normalized spacial score (nSPS) is 15.3. The third-order valence-electron chi connectivity index (χ3n) is 4.32. The second-order valence-corrected chi connectivity index (χ2v) is 6.33. The number of hydrogen-bond donors (Lipinski definition) is 0. The van der Waals surface area contributed by atoms with Gasteiger partial charge in [-0.15, -0.1) is 0 Å². The Bertz CT molecular complexity index is 695. The van der Waals surface area contributed by atoms with E-state index in [1.54, 1.807) is 7.11 Å². The van der Waals surface area contributed by atoms with Crippen LogP contribution in [0.4, 0.5) is 0 Å². The monoisotopic (exact) mass is 344 g/mol. The van der Waals surface area contributed by atoms with E-state index < -0.39 is 0 Å². The van der Waals surface area contributed by atoms with Gasteiger partial charge in [0.2, 0.25) is 0 Å². The summed E-state index contributed by atoms with van der Waals surface area (Å²) in [7, 11) is 1.59. The molecule has 0 N–H and O–H groups in total. The van der Waals surface area contributed by atoms with Crippen molar-refractivity contribution in [3.63, 3.8) is 0 Å². The van der Waals surface area contributed by atoms with Gasteiger partial charge in [0.25, 0.3) is 5.91 Å². The summed E-state index contributed by atoms with van der Waals surface area (Å²) in [6, 6.07) is 15.3. The van der Waals surface area contributed by atoms with Crippen molar-refractivity contribution in [1.29, 1.82) is 0 Å². The van der Waals surface area contributed by atoms with Crippen LogP contribution < -0.4 is 4.74 Å². The van der Waals surface area contributed by atoms with Gasteiger partial charge in [-0.1, -0.05) is 35.9 Å². The first kappa shape index (κ1) is 16.8. The van der Waals surface area contributed by atoms with Crippen molar-refractivity contribution in [2.45, 2.75) is 6.54 Å². The van der Waals surface area contributed by atoms with Gasteiger partial charge in [-0.2, -0.15) is 0 Å². The SMILES string of the molecule is COc1ccccc1C(=O)N1CCN(Cc2ccc(Cl)cc2)CC1. The van der Waals surface area contributed by atoms with Crippen molar-refractivity contribution < 1.29 is 9.53 Å². The number of halogens is 1. The molecule has 0 bridgehead atoms. The Balaban J connectivity index is 1.58. The number of para-hydroxylation sites is 1. The number of hydrogen-bond acceptors (Lipinski definition) is 3. The van der Waals surface area contributed by atoms with Crippen LogP contribution in [0.15, 0.2) is 48.5 Å². The van der Waals surface area contributed by atoms with Gasteiger partial charge in [0, 0.05) is 37.7 Å². The van der Waals surface area contributed by atoms with Crippen LogP contribution in [0.3, 0.4) is 0 Å². The van der Waals surface area contributed by atoms with E-state index in [9.17, 15) is 4.79 Å². The van der Waals surface area contributed by atoms with E-state index in [0.717, 1.165) is 37.7 Å². The average Bonchev–Trinajstić information content (AvgIpc) is 2.63. The van der Waals surface area contributed by atoms with Gasteiger partial charge >= 0.3 is 0 Å².